The topological polar surface area (TPSA) is 53.1 Å². The summed E-state index contributed by atoms with van der Waals surface area (Å²) in [5.74, 6) is 10.2. The summed E-state index contributed by atoms with van der Waals surface area (Å²) in [6.07, 6.45) is 6.45. The monoisotopic (exact) mass is 1020 g/mol. The van der Waals surface area contributed by atoms with Crippen molar-refractivity contribution in [1.29, 1.82) is 0 Å². The molecule has 3 heterocycles. The van der Waals surface area contributed by atoms with Gasteiger partial charge < -0.3 is 13.7 Å². The second-order valence-corrected chi connectivity index (χ2v) is 27.8. The standard InChI is InChI=1S/C34H31N2O2.C18H24GeN.Ir/c1-21(2)26-17-24(23-11-7-6-8-12-23)18-27(22(3)4)33(26)36-31-14-10-9-13-30(31)35-34(36)29-20-38-32-16-15-25(37-5)19-28(29)32;1-14(2)11-16-12-18(15-9-7-6-8-10-15)20-13-17(16)19(3,4)5;/h6-19,21-22H,1-5H3;6-9,12-14H,11H2,1-5H3;/q2*-1;. The van der Waals surface area contributed by atoms with Crippen LogP contribution in [0.5, 0.6) is 5.75 Å². The predicted octanol–water partition coefficient (Wildman–Crippen LogP) is 13.5. The molecule has 59 heavy (non-hydrogen) atoms. The van der Waals surface area contributed by atoms with Gasteiger partial charge in [0.25, 0.3) is 0 Å². The predicted molar refractivity (Wildman–Crippen MR) is 245 cm³/mol. The fourth-order valence-electron chi connectivity index (χ4n) is 7.76. The summed E-state index contributed by atoms with van der Waals surface area (Å²) in [5, 5.41) is 0.930. The Balaban J connectivity index is 0.000000236. The van der Waals surface area contributed by atoms with Crippen LogP contribution in [-0.4, -0.2) is 34.9 Å². The normalized spacial score (nSPS) is 11.6. The van der Waals surface area contributed by atoms with Crippen molar-refractivity contribution < 1.29 is 29.3 Å². The van der Waals surface area contributed by atoms with E-state index in [4.69, 9.17) is 19.1 Å². The molecule has 0 amide bonds. The molecule has 0 aliphatic heterocycles. The van der Waals surface area contributed by atoms with E-state index in [1.54, 1.807) is 11.5 Å². The van der Waals surface area contributed by atoms with Crippen LogP contribution in [0.4, 0.5) is 0 Å². The van der Waals surface area contributed by atoms with Crippen LogP contribution >= 0.6 is 0 Å². The van der Waals surface area contributed by atoms with Crippen LogP contribution in [0.1, 0.15) is 70.1 Å². The molecule has 0 spiro atoms. The van der Waals surface area contributed by atoms with Crippen LogP contribution in [0.25, 0.3) is 61.5 Å². The van der Waals surface area contributed by atoms with Crippen molar-refractivity contribution in [3.05, 3.63) is 150 Å². The molecule has 0 fully saturated rings. The maximum absolute atomic E-state index is 5.89. The maximum atomic E-state index is 5.89. The molecular weight excluding hydrogens is 963 g/mol. The number of nitrogens with zero attached hydrogens (tertiary/aromatic N) is 3. The minimum atomic E-state index is -1.86. The van der Waals surface area contributed by atoms with E-state index < -0.39 is 13.3 Å². The molecule has 3 aromatic heterocycles. The van der Waals surface area contributed by atoms with E-state index in [2.05, 4.69) is 155 Å². The molecule has 7 heteroatoms. The van der Waals surface area contributed by atoms with E-state index in [0.29, 0.717) is 17.8 Å². The van der Waals surface area contributed by atoms with Crippen molar-refractivity contribution in [2.24, 2.45) is 5.92 Å². The first-order chi connectivity index (χ1) is 27.8. The van der Waals surface area contributed by atoms with Crippen LogP contribution in [-0.2, 0) is 26.5 Å². The molecule has 0 unspecified atom stereocenters. The Morgan fingerprint density at radius 1 is 0.763 bits per heavy atom. The van der Waals surface area contributed by atoms with E-state index in [0.717, 1.165) is 56.8 Å². The average Bonchev–Trinajstić information content (AvgIpc) is 3.81. The number of aromatic nitrogens is 3. The Kier molecular flexibility index (Phi) is 13.9. The van der Waals surface area contributed by atoms with Crippen molar-refractivity contribution in [3.8, 4) is 45.2 Å². The average molecular weight is 1020 g/mol. The van der Waals surface area contributed by atoms with Gasteiger partial charge in [-0.25, -0.2) is 0 Å². The first-order valence-corrected chi connectivity index (χ1v) is 27.8. The molecule has 0 N–H and O–H groups in total. The van der Waals surface area contributed by atoms with Gasteiger partial charge in [0.05, 0.1) is 24.0 Å². The third-order valence-corrected chi connectivity index (χ3v) is 15.0. The molecule has 0 saturated carbocycles. The van der Waals surface area contributed by atoms with E-state index in [9.17, 15) is 0 Å². The van der Waals surface area contributed by atoms with Crippen LogP contribution in [0, 0.1) is 18.2 Å². The van der Waals surface area contributed by atoms with Crippen LogP contribution in [0.3, 0.4) is 0 Å². The van der Waals surface area contributed by atoms with Gasteiger partial charge in [-0.05, 0) is 64.4 Å². The quantitative estimate of drug-likeness (QED) is 0.101. The molecule has 5 aromatic carbocycles. The molecule has 0 bridgehead atoms. The second kappa shape index (κ2) is 18.7. The summed E-state index contributed by atoms with van der Waals surface area (Å²) in [4.78, 5) is 9.85. The second-order valence-electron chi connectivity index (χ2n) is 17.2. The number of furan rings is 1. The van der Waals surface area contributed by atoms with E-state index in [-0.39, 0.29) is 20.1 Å². The number of pyridine rings is 1. The van der Waals surface area contributed by atoms with Gasteiger partial charge in [0.2, 0.25) is 0 Å². The van der Waals surface area contributed by atoms with Gasteiger partial charge in [-0.3, -0.25) is 4.98 Å². The summed E-state index contributed by atoms with van der Waals surface area (Å²) >= 11 is -1.86. The Labute approximate surface area is 367 Å². The molecule has 8 aromatic rings. The van der Waals surface area contributed by atoms with Crippen LogP contribution < -0.4 is 9.13 Å². The number of para-hydroxylation sites is 2. The summed E-state index contributed by atoms with van der Waals surface area (Å²) in [6, 6.07) is 43.1. The minimum Gasteiger partial charge on any atom is -0.557 e. The van der Waals surface area contributed by atoms with Crippen molar-refractivity contribution in [2.45, 2.75) is 77.1 Å². The van der Waals surface area contributed by atoms with Gasteiger partial charge in [-0.1, -0.05) is 93.2 Å². The van der Waals surface area contributed by atoms with Crippen LogP contribution in [0.15, 0.2) is 126 Å². The van der Waals surface area contributed by atoms with E-state index in [1.165, 1.54) is 33.5 Å². The summed E-state index contributed by atoms with van der Waals surface area (Å²) in [7, 11) is 1.68. The van der Waals surface area contributed by atoms with Crippen molar-refractivity contribution in [3.63, 3.8) is 0 Å². The fourth-order valence-corrected chi connectivity index (χ4v) is 11.1. The largest absolute Gasteiger partial charge is 0.557 e. The SMILES string of the molecule is CC(C)Cc1cc(-c2[c-]cccc2)nc[c]1[Ge]([CH3])([CH3])[CH3].COc1ccc2o[c-]c(-c3nc4ccccc4n3-c3c(C(C)C)cc(-c4ccccc4)cc3C(C)C)c2c1.[Ir]. The smallest absolute Gasteiger partial charge is 0.108 e. The number of ether oxygens (including phenoxy) is 1. The molecule has 5 nitrogen and oxygen atoms in total. The molecule has 0 aliphatic rings. The zero-order chi connectivity index (χ0) is 41.1. The van der Waals surface area contributed by atoms with Gasteiger partial charge in [0, 0.05) is 37.6 Å². The number of imidazole rings is 1. The van der Waals surface area contributed by atoms with E-state index >= 15 is 0 Å². The first-order valence-electron chi connectivity index (χ1n) is 20.5. The molecule has 305 valence electrons. The Morgan fingerprint density at radius 3 is 2.07 bits per heavy atom. The number of fused-ring (bicyclic) bond motifs is 2. The maximum Gasteiger partial charge on any atom is 0.108 e. The van der Waals surface area contributed by atoms with Gasteiger partial charge in [-0.15, -0.1) is 0 Å². The third kappa shape index (κ3) is 9.51. The molecule has 0 atom stereocenters. The molecular formula is C52H55GeIrN3O2-2. The fraction of sp³-hybridized carbons (Fsp3) is 0.269. The molecule has 0 saturated heterocycles. The molecule has 0 aliphatic carbocycles. The van der Waals surface area contributed by atoms with Gasteiger partial charge in [-0.2, -0.15) is 0 Å². The van der Waals surface area contributed by atoms with Crippen molar-refractivity contribution >= 4 is 39.7 Å². The van der Waals surface area contributed by atoms with Crippen LogP contribution in [0.2, 0.25) is 17.3 Å². The number of hydrogen-bond acceptors (Lipinski definition) is 4. The third-order valence-electron chi connectivity index (χ3n) is 10.7. The van der Waals surface area contributed by atoms with Crippen molar-refractivity contribution in [2.75, 3.05) is 7.11 Å². The number of methoxy groups -OCH3 is 1. The zero-order valence-corrected chi connectivity index (χ0v) is 40.5. The number of benzene rings is 5. The van der Waals surface area contributed by atoms with Gasteiger partial charge in [0.1, 0.15) is 5.75 Å². The van der Waals surface area contributed by atoms with Gasteiger partial charge >= 0.3 is 126 Å². The summed E-state index contributed by atoms with van der Waals surface area (Å²) in [5.41, 5.74) is 13.4. The van der Waals surface area contributed by atoms with E-state index in [1.807, 2.05) is 42.5 Å². The number of rotatable bonds is 10. The summed E-state index contributed by atoms with van der Waals surface area (Å²) in [6.45, 7) is 13.6. The summed E-state index contributed by atoms with van der Waals surface area (Å²) < 4.78 is 15.3. The minimum absolute atomic E-state index is 0. The van der Waals surface area contributed by atoms with Gasteiger partial charge in [0.15, 0.2) is 0 Å². The first kappa shape index (κ1) is 43.8. The zero-order valence-electron chi connectivity index (χ0n) is 36.0. The molecule has 8 rings (SSSR count). The van der Waals surface area contributed by atoms with Crippen molar-refractivity contribution in [1.82, 2.24) is 14.5 Å². The Morgan fingerprint density at radius 2 is 1.44 bits per heavy atom. The Bertz CT molecular complexity index is 2630. The Hall–Kier alpha value is -4.75. The molecule has 1 radical (unpaired) electrons. The number of hydrogen-bond donors (Lipinski definition) is 0.